The lowest BCUT2D eigenvalue weighted by Crippen LogP contribution is -2.47. The number of hydrogen-bond acceptors (Lipinski definition) is 7. The molecule has 0 amide bonds. The van der Waals surface area contributed by atoms with Crippen LogP contribution in [0, 0.1) is 5.41 Å². The molecule has 33 heavy (non-hydrogen) atoms. The molecule has 10 heteroatoms. The van der Waals surface area contributed by atoms with Crippen LogP contribution >= 0.6 is 11.6 Å². The monoisotopic (exact) mass is 472 g/mol. The fourth-order valence-electron chi connectivity index (χ4n) is 4.87. The first-order valence-electron chi connectivity index (χ1n) is 11.4. The summed E-state index contributed by atoms with van der Waals surface area (Å²) in [5.74, 6) is 1.56. The van der Waals surface area contributed by atoms with E-state index in [1.165, 1.54) is 12.7 Å². The van der Waals surface area contributed by atoms with E-state index in [1.807, 2.05) is 28.9 Å². The van der Waals surface area contributed by atoms with Crippen LogP contribution in [0.15, 0.2) is 36.9 Å². The predicted molar refractivity (Wildman–Crippen MR) is 126 cm³/mol. The highest BCUT2D eigenvalue weighted by atomic mass is 35.5. The molecular weight excluding hydrogens is 440 g/mol. The summed E-state index contributed by atoms with van der Waals surface area (Å²) in [6.07, 6.45) is 8.23. The molecule has 2 aromatic heterocycles. The highest BCUT2D eigenvalue weighted by Crippen LogP contribution is 2.45. The van der Waals surface area contributed by atoms with Crippen LogP contribution in [0.1, 0.15) is 71.0 Å². The summed E-state index contributed by atoms with van der Waals surface area (Å²) in [7, 11) is 4.24. The Bertz CT molecular complexity index is 1020. The largest absolute Gasteiger partial charge is 0.466 e. The molecule has 0 N–H and O–H groups in total. The Labute approximate surface area is 200 Å². The number of benzene rings is 1. The van der Waals surface area contributed by atoms with Crippen molar-refractivity contribution in [2.24, 2.45) is 5.41 Å². The molecule has 1 fully saturated rings. The van der Waals surface area contributed by atoms with E-state index in [0.717, 1.165) is 31.5 Å². The van der Waals surface area contributed by atoms with Gasteiger partial charge in [0.2, 0.25) is 6.23 Å². The summed E-state index contributed by atoms with van der Waals surface area (Å²) in [6, 6.07) is 7.07. The number of tetrazole rings is 1. The Hall–Kier alpha value is -2.52. The SMILES string of the molecule is CN(C)C1(c2nnnn2[C@@H]([C@@H](Oc2ccc(Cl)cc2)n2cncn2)C(C)(C)C)CCCCC1. The minimum atomic E-state index is -0.529. The maximum Gasteiger partial charge on any atom is 0.215 e. The van der Waals surface area contributed by atoms with Crippen molar-refractivity contribution in [3.63, 3.8) is 0 Å². The third-order valence-corrected chi connectivity index (χ3v) is 6.89. The fraction of sp³-hybridized carbons (Fsp3) is 0.609. The number of halogens is 1. The van der Waals surface area contributed by atoms with Gasteiger partial charge in [-0.1, -0.05) is 51.6 Å². The van der Waals surface area contributed by atoms with Gasteiger partial charge in [-0.3, -0.25) is 4.90 Å². The molecule has 9 nitrogen and oxygen atoms in total. The predicted octanol–water partition coefficient (Wildman–Crippen LogP) is 4.50. The van der Waals surface area contributed by atoms with Gasteiger partial charge in [0.1, 0.15) is 24.4 Å². The molecule has 0 spiro atoms. The van der Waals surface area contributed by atoms with Crippen molar-refractivity contribution in [1.82, 2.24) is 39.9 Å². The van der Waals surface area contributed by atoms with Crippen LogP contribution in [0.2, 0.25) is 5.02 Å². The van der Waals surface area contributed by atoms with Crippen molar-refractivity contribution in [1.29, 1.82) is 0 Å². The molecule has 4 rings (SSSR count). The average Bonchev–Trinajstić information content (AvgIpc) is 3.47. The van der Waals surface area contributed by atoms with Gasteiger partial charge < -0.3 is 4.74 Å². The molecule has 3 aromatic rings. The van der Waals surface area contributed by atoms with Gasteiger partial charge in [-0.2, -0.15) is 5.10 Å². The molecule has 1 aromatic carbocycles. The molecule has 0 saturated heterocycles. The summed E-state index contributed by atoms with van der Waals surface area (Å²) in [4.78, 5) is 6.46. The number of nitrogens with zero attached hydrogens (tertiary/aromatic N) is 8. The van der Waals surface area contributed by atoms with Crippen molar-refractivity contribution in [3.05, 3.63) is 47.8 Å². The van der Waals surface area contributed by atoms with E-state index in [0.29, 0.717) is 10.8 Å². The molecule has 0 radical (unpaired) electrons. The third-order valence-electron chi connectivity index (χ3n) is 6.63. The summed E-state index contributed by atoms with van der Waals surface area (Å²) in [6.45, 7) is 6.50. The second-order valence-electron chi connectivity index (χ2n) is 10.1. The summed E-state index contributed by atoms with van der Waals surface area (Å²) in [5.41, 5.74) is -0.492. The summed E-state index contributed by atoms with van der Waals surface area (Å²) >= 11 is 6.10. The number of rotatable bonds is 7. The third kappa shape index (κ3) is 4.75. The molecule has 2 heterocycles. The first-order valence-corrected chi connectivity index (χ1v) is 11.8. The quantitative estimate of drug-likeness (QED) is 0.500. The first-order chi connectivity index (χ1) is 15.7. The van der Waals surface area contributed by atoms with Crippen molar-refractivity contribution < 1.29 is 4.74 Å². The van der Waals surface area contributed by atoms with Gasteiger partial charge >= 0.3 is 0 Å². The smallest absolute Gasteiger partial charge is 0.215 e. The van der Waals surface area contributed by atoms with E-state index in [1.54, 1.807) is 11.0 Å². The van der Waals surface area contributed by atoms with Crippen molar-refractivity contribution >= 4 is 11.6 Å². The maximum absolute atomic E-state index is 6.53. The highest BCUT2D eigenvalue weighted by Gasteiger charge is 2.46. The molecule has 1 aliphatic carbocycles. The van der Waals surface area contributed by atoms with E-state index in [4.69, 9.17) is 16.3 Å². The zero-order valence-corrected chi connectivity index (χ0v) is 20.8. The van der Waals surface area contributed by atoms with E-state index in [9.17, 15) is 0 Å². The lowest BCUT2D eigenvalue weighted by Gasteiger charge is -2.44. The van der Waals surface area contributed by atoms with Crippen LogP contribution < -0.4 is 4.74 Å². The molecule has 0 aliphatic heterocycles. The van der Waals surface area contributed by atoms with Gasteiger partial charge in [0.25, 0.3) is 0 Å². The minimum absolute atomic E-state index is 0.224. The van der Waals surface area contributed by atoms with Gasteiger partial charge in [-0.15, -0.1) is 5.10 Å². The molecule has 178 valence electrons. The van der Waals surface area contributed by atoms with Crippen LogP contribution in [0.25, 0.3) is 0 Å². The van der Waals surface area contributed by atoms with Crippen LogP contribution in [-0.2, 0) is 5.54 Å². The van der Waals surface area contributed by atoms with Gasteiger partial charge in [0, 0.05) is 5.02 Å². The zero-order valence-electron chi connectivity index (χ0n) is 20.0. The molecule has 1 aliphatic rings. The highest BCUT2D eigenvalue weighted by molar-refractivity contribution is 6.30. The second kappa shape index (κ2) is 9.38. The number of ether oxygens (including phenoxy) is 1. The first kappa shape index (κ1) is 23.6. The van der Waals surface area contributed by atoms with E-state index in [-0.39, 0.29) is 17.0 Å². The van der Waals surface area contributed by atoms with Gasteiger partial charge in [-0.05, 0) is 67.0 Å². The minimum Gasteiger partial charge on any atom is -0.466 e. The van der Waals surface area contributed by atoms with Crippen LogP contribution in [-0.4, -0.2) is 54.0 Å². The molecular formula is C23H33ClN8O. The van der Waals surface area contributed by atoms with Crippen molar-refractivity contribution in [3.8, 4) is 5.75 Å². The van der Waals surface area contributed by atoms with Gasteiger partial charge in [0.15, 0.2) is 5.82 Å². The van der Waals surface area contributed by atoms with Gasteiger partial charge in [-0.25, -0.2) is 14.3 Å². The summed E-state index contributed by atoms with van der Waals surface area (Å²) < 4.78 is 10.2. The van der Waals surface area contributed by atoms with Crippen LogP contribution in [0.4, 0.5) is 0 Å². The van der Waals surface area contributed by atoms with E-state index < -0.39 is 6.23 Å². The standard InChI is InChI=1S/C23H33ClN8O/c1-22(2,3)19(20(31-16-25-15-26-31)33-18-11-9-17(24)10-12-18)32-21(27-28-29-32)23(30(4)5)13-7-6-8-14-23/h9-12,15-16,19-20H,6-8,13-14H2,1-5H3/t19-,20+/m0/s1. The molecule has 0 bridgehead atoms. The van der Waals surface area contributed by atoms with E-state index >= 15 is 0 Å². The van der Waals surface area contributed by atoms with Crippen LogP contribution in [0.3, 0.4) is 0 Å². The zero-order chi connectivity index (χ0) is 23.6. The Morgan fingerprint density at radius 1 is 1.09 bits per heavy atom. The topological polar surface area (TPSA) is 86.8 Å². The normalized spacial score (nSPS) is 18.3. The van der Waals surface area contributed by atoms with Crippen molar-refractivity contribution in [2.45, 2.75) is 70.7 Å². The Morgan fingerprint density at radius 3 is 2.36 bits per heavy atom. The second-order valence-corrected chi connectivity index (χ2v) is 10.5. The van der Waals surface area contributed by atoms with Crippen molar-refractivity contribution in [2.75, 3.05) is 14.1 Å². The Balaban J connectivity index is 1.83. The van der Waals surface area contributed by atoms with Gasteiger partial charge in [0.05, 0.1) is 5.54 Å². The molecule has 1 saturated carbocycles. The van der Waals surface area contributed by atoms with E-state index in [2.05, 4.69) is 65.4 Å². The lowest BCUT2D eigenvalue weighted by atomic mass is 9.79. The van der Waals surface area contributed by atoms with Crippen LogP contribution in [0.5, 0.6) is 5.75 Å². The maximum atomic E-state index is 6.53. The molecule has 2 atom stereocenters. The molecule has 0 unspecified atom stereocenters. The number of aromatic nitrogens is 7. The Kier molecular flexibility index (Phi) is 6.72. The Morgan fingerprint density at radius 2 is 1.79 bits per heavy atom. The average molecular weight is 473 g/mol. The number of hydrogen-bond donors (Lipinski definition) is 0. The fourth-order valence-corrected chi connectivity index (χ4v) is 5.00. The summed E-state index contributed by atoms with van der Waals surface area (Å²) in [5, 5.41) is 18.4. The lowest BCUT2D eigenvalue weighted by molar-refractivity contribution is -0.00904.